The number of benzene rings is 2. The van der Waals surface area contributed by atoms with Gasteiger partial charge in [-0.15, -0.1) is 0 Å². The maximum absolute atomic E-state index is 13.2. The molecule has 8 nitrogen and oxygen atoms in total. The van der Waals surface area contributed by atoms with Gasteiger partial charge in [-0.1, -0.05) is 57.9 Å². The zero-order chi connectivity index (χ0) is 26.9. The van der Waals surface area contributed by atoms with Crippen molar-refractivity contribution in [2.75, 3.05) is 15.5 Å². The average Bonchev–Trinajstić information content (AvgIpc) is 3.44. The number of hydrogen-bond acceptors (Lipinski definition) is 5. The van der Waals surface area contributed by atoms with Gasteiger partial charge in [0.05, 0.1) is 11.1 Å². The number of rotatable bonds is 5. The monoisotopic (exact) mass is 512 g/mol. The molecule has 1 spiro atoms. The molecule has 38 heavy (non-hydrogen) atoms. The Kier molecular flexibility index (Phi) is 6.65. The highest BCUT2D eigenvalue weighted by atomic mass is 16.5. The highest BCUT2D eigenvalue weighted by Gasteiger charge is 2.53. The summed E-state index contributed by atoms with van der Waals surface area (Å²) in [6, 6.07) is 17.4. The van der Waals surface area contributed by atoms with Crippen LogP contribution >= 0.6 is 0 Å². The van der Waals surface area contributed by atoms with E-state index in [1.165, 1.54) is 4.90 Å². The molecule has 0 bridgehead atoms. The summed E-state index contributed by atoms with van der Waals surface area (Å²) in [4.78, 5) is 44.5. The van der Waals surface area contributed by atoms with E-state index in [2.05, 4.69) is 36.4 Å². The first-order valence-electron chi connectivity index (χ1n) is 12.9. The number of pyridine rings is 1. The van der Waals surface area contributed by atoms with Crippen LogP contribution in [0.2, 0.25) is 0 Å². The van der Waals surface area contributed by atoms with E-state index in [0.717, 1.165) is 31.2 Å². The molecule has 5 rings (SSSR count). The molecule has 2 aliphatic rings. The van der Waals surface area contributed by atoms with Gasteiger partial charge < -0.3 is 15.4 Å². The average molecular weight is 513 g/mol. The van der Waals surface area contributed by atoms with Crippen molar-refractivity contribution in [3.63, 3.8) is 0 Å². The van der Waals surface area contributed by atoms with Gasteiger partial charge in [0.15, 0.2) is 0 Å². The van der Waals surface area contributed by atoms with Gasteiger partial charge in [-0.2, -0.15) is 0 Å². The highest BCUT2D eigenvalue weighted by molar-refractivity contribution is 6.22. The third-order valence-electron chi connectivity index (χ3n) is 7.24. The number of anilines is 3. The predicted molar refractivity (Wildman–Crippen MR) is 147 cm³/mol. The van der Waals surface area contributed by atoms with E-state index in [4.69, 9.17) is 4.74 Å². The topological polar surface area (TPSA) is 101 Å². The number of carbonyl (C=O) groups excluding carboxylic acids is 3. The van der Waals surface area contributed by atoms with E-state index < -0.39 is 11.4 Å². The molecule has 8 heteroatoms. The quantitative estimate of drug-likeness (QED) is 0.373. The van der Waals surface area contributed by atoms with Gasteiger partial charge in [-0.3, -0.25) is 9.59 Å². The molecule has 4 amide bonds. The number of nitrogens with one attached hydrogen (secondary N) is 2. The third kappa shape index (κ3) is 4.98. The fourth-order valence-electron chi connectivity index (χ4n) is 5.35. The summed E-state index contributed by atoms with van der Waals surface area (Å²) in [5, 5.41) is 5.59. The van der Waals surface area contributed by atoms with E-state index in [1.807, 2.05) is 24.3 Å². The molecule has 1 aromatic heterocycles. The molecule has 2 heterocycles. The lowest BCUT2D eigenvalue weighted by atomic mass is 9.84. The molecule has 1 aliphatic carbocycles. The Labute approximate surface area is 222 Å². The minimum Gasteiger partial charge on any atom is -0.437 e. The Balaban J connectivity index is 1.31. The van der Waals surface area contributed by atoms with E-state index in [9.17, 15) is 14.4 Å². The van der Waals surface area contributed by atoms with Crippen molar-refractivity contribution in [1.29, 1.82) is 0 Å². The van der Waals surface area contributed by atoms with Gasteiger partial charge in [0.2, 0.25) is 17.7 Å². The first-order chi connectivity index (χ1) is 18.2. The molecule has 1 saturated heterocycles. The first kappa shape index (κ1) is 25.4. The zero-order valence-corrected chi connectivity index (χ0v) is 21.9. The van der Waals surface area contributed by atoms with Crippen molar-refractivity contribution in [3.8, 4) is 11.6 Å². The summed E-state index contributed by atoms with van der Waals surface area (Å²) < 4.78 is 6.14. The Bertz CT molecular complexity index is 1390. The summed E-state index contributed by atoms with van der Waals surface area (Å²) >= 11 is 0. The molecule has 0 atom stereocenters. The summed E-state index contributed by atoms with van der Waals surface area (Å²) in [7, 11) is 0. The number of nitrogens with zero attached hydrogens (tertiary/aromatic N) is 2. The first-order valence-corrected chi connectivity index (χ1v) is 12.9. The maximum Gasteiger partial charge on any atom is 0.323 e. The van der Waals surface area contributed by atoms with Crippen LogP contribution < -0.4 is 20.3 Å². The van der Waals surface area contributed by atoms with Gasteiger partial charge in [-0.05, 0) is 54.7 Å². The molecular weight excluding hydrogens is 480 g/mol. The molecule has 0 radical (unpaired) electrons. The highest BCUT2D eigenvalue weighted by Crippen LogP contribution is 2.48. The molecule has 0 unspecified atom stereocenters. The second-order valence-corrected chi connectivity index (χ2v) is 11.0. The van der Waals surface area contributed by atoms with Crippen LogP contribution in [-0.4, -0.2) is 22.8 Å². The van der Waals surface area contributed by atoms with Gasteiger partial charge in [0.1, 0.15) is 11.4 Å². The molecule has 2 N–H and O–H groups in total. The van der Waals surface area contributed by atoms with Gasteiger partial charge in [0, 0.05) is 23.9 Å². The van der Waals surface area contributed by atoms with Crippen LogP contribution in [-0.2, 0) is 15.0 Å². The number of imide groups is 1. The number of ether oxygens (including phenoxy) is 1. The minimum atomic E-state index is -0.555. The number of aromatic nitrogens is 1. The number of hydrogen-bond donors (Lipinski definition) is 2. The summed E-state index contributed by atoms with van der Waals surface area (Å²) in [5.74, 6) is 0.610. The van der Waals surface area contributed by atoms with Crippen molar-refractivity contribution in [1.82, 2.24) is 4.98 Å². The smallest absolute Gasteiger partial charge is 0.323 e. The van der Waals surface area contributed by atoms with Crippen molar-refractivity contribution < 1.29 is 19.1 Å². The van der Waals surface area contributed by atoms with Crippen LogP contribution in [0.5, 0.6) is 11.6 Å². The molecule has 3 aromatic rings. The fourth-order valence-corrected chi connectivity index (χ4v) is 5.35. The Hall–Kier alpha value is -4.20. The lowest BCUT2D eigenvalue weighted by Gasteiger charge is -2.22. The molecule has 2 aromatic carbocycles. The van der Waals surface area contributed by atoms with Gasteiger partial charge in [0.25, 0.3) is 0 Å². The van der Waals surface area contributed by atoms with Crippen LogP contribution in [0, 0.1) is 5.41 Å². The number of para-hydroxylation sites is 1. The summed E-state index contributed by atoms with van der Waals surface area (Å²) in [5.41, 5.74) is 1.64. The lowest BCUT2D eigenvalue weighted by molar-refractivity contribution is -0.125. The van der Waals surface area contributed by atoms with E-state index in [1.54, 1.807) is 42.6 Å². The minimum absolute atomic E-state index is 0.130. The van der Waals surface area contributed by atoms with Crippen molar-refractivity contribution in [3.05, 3.63) is 72.4 Å². The number of urea groups is 1. The molecule has 196 valence electrons. The van der Waals surface area contributed by atoms with Crippen LogP contribution in [0.1, 0.15) is 58.4 Å². The van der Waals surface area contributed by atoms with E-state index in [-0.39, 0.29) is 29.5 Å². The third-order valence-corrected chi connectivity index (χ3v) is 7.24. The van der Waals surface area contributed by atoms with Crippen LogP contribution in [0.15, 0.2) is 66.9 Å². The summed E-state index contributed by atoms with van der Waals surface area (Å²) in [6.45, 7) is 6.31. The second kappa shape index (κ2) is 9.93. The number of carbonyl (C=O) groups is 3. The maximum atomic E-state index is 13.2. The van der Waals surface area contributed by atoms with Crippen molar-refractivity contribution in [2.24, 2.45) is 5.41 Å². The zero-order valence-electron chi connectivity index (χ0n) is 21.9. The SMILES string of the molecule is CC(C)(C)c1ccccc1Oc1ncccc1NC(=O)Nc1cccc(N2C(=O)CC3(CCCC3)C2=O)c1. The predicted octanol–water partition coefficient (Wildman–Crippen LogP) is 6.64. The van der Waals surface area contributed by atoms with Gasteiger partial charge in [-0.25, -0.2) is 14.7 Å². The second-order valence-electron chi connectivity index (χ2n) is 11.0. The molecule has 1 saturated carbocycles. The van der Waals surface area contributed by atoms with Crippen LogP contribution in [0.4, 0.5) is 21.9 Å². The Morgan fingerprint density at radius 3 is 2.50 bits per heavy atom. The van der Waals surface area contributed by atoms with Crippen molar-refractivity contribution >= 4 is 34.9 Å². The lowest BCUT2D eigenvalue weighted by Crippen LogP contribution is -2.34. The van der Waals surface area contributed by atoms with E-state index in [0.29, 0.717) is 22.8 Å². The van der Waals surface area contributed by atoms with Crippen LogP contribution in [0.25, 0.3) is 0 Å². The Morgan fingerprint density at radius 1 is 0.974 bits per heavy atom. The summed E-state index contributed by atoms with van der Waals surface area (Å²) in [6.07, 6.45) is 5.30. The van der Waals surface area contributed by atoms with Gasteiger partial charge >= 0.3 is 6.03 Å². The number of amides is 4. The van der Waals surface area contributed by atoms with E-state index >= 15 is 0 Å². The molecular formula is C30H32N4O4. The fraction of sp³-hybridized carbons (Fsp3) is 0.333. The van der Waals surface area contributed by atoms with Crippen molar-refractivity contribution in [2.45, 2.75) is 58.3 Å². The largest absolute Gasteiger partial charge is 0.437 e. The standard InChI is InChI=1S/C30H32N4O4/c1-29(2,3)22-12-4-5-14-24(22)38-26-23(13-9-17-31-26)33-28(37)32-20-10-8-11-21(18-20)34-25(35)19-30(27(34)36)15-6-7-16-30/h4-5,8-14,17-18H,6-7,15-16,19H2,1-3H3,(H2,32,33,37). The normalized spacial score (nSPS) is 16.7. The Morgan fingerprint density at radius 2 is 1.74 bits per heavy atom. The molecule has 1 aliphatic heterocycles. The van der Waals surface area contributed by atoms with Crippen LogP contribution in [0.3, 0.4) is 0 Å². The molecule has 2 fully saturated rings.